The second-order valence-electron chi connectivity index (χ2n) is 4.25. The number of azo groups is 1. The van der Waals surface area contributed by atoms with Crippen LogP contribution in [0.2, 0.25) is 0 Å². The molecule has 0 fully saturated rings. The van der Waals surface area contributed by atoms with Crippen LogP contribution < -0.4 is 0 Å². The maximum atomic E-state index is 4.17. The van der Waals surface area contributed by atoms with Crippen molar-refractivity contribution in [3.8, 4) is 0 Å². The Morgan fingerprint density at radius 3 is 2.33 bits per heavy atom. The van der Waals surface area contributed by atoms with Crippen molar-refractivity contribution in [1.82, 2.24) is 0 Å². The van der Waals surface area contributed by atoms with Gasteiger partial charge in [0.25, 0.3) is 0 Å². The van der Waals surface area contributed by atoms with Gasteiger partial charge in [0.1, 0.15) is 5.03 Å². The Kier molecular flexibility index (Phi) is 2.65. The molecule has 2 rings (SSSR count). The van der Waals surface area contributed by atoms with E-state index in [0.29, 0.717) is 0 Å². The molecule has 1 aromatic carbocycles. The highest BCUT2D eigenvalue weighted by atomic mass is 32.2. The van der Waals surface area contributed by atoms with E-state index in [1.165, 1.54) is 10.5 Å². The van der Waals surface area contributed by atoms with Gasteiger partial charge in [-0.15, -0.1) is 5.11 Å². The van der Waals surface area contributed by atoms with Crippen LogP contribution in [0.3, 0.4) is 0 Å². The zero-order valence-electron chi connectivity index (χ0n) is 9.19. The summed E-state index contributed by atoms with van der Waals surface area (Å²) in [5.74, 6) is 0. The van der Waals surface area contributed by atoms with Crippen molar-refractivity contribution in [2.45, 2.75) is 31.2 Å². The van der Waals surface area contributed by atoms with Crippen LogP contribution in [0.15, 0.2) is 50.5 Å². The topological polar surface area (TPSA) is 24.7 Å². The third-order valence-electron chi connectivity index (χ3n) is 2.13. The fourth-order valence-corrected chi connectivity index (χ4v) is 2.26. The summed E-state index contributed by atoms with van der Waals surface area (Å²) in [5, 5.41) is 9.32. The van der Waals surface area contributed by atoms with Crippen LogP contribution in [0, 0.1) is 6.92 Å². The predicted molar refractivity (Wildman–Crippen MR) is 64.1 cm³/mol. The summed E-state index contributed by atoms with van der Waals surface area (Å²) in [4.78, 5) is 1.21. The van der Waals surface area contributed by atoms with E-state index in [9.17, 15) is 0 Å². The predicted octanol–water partition coefficient (Wildman–Crippen LogP) is 4.17. The van der Waals surface area contributed by atoms with E-state index in [0.717, 1.165) is 5.03 Å². The number of aryl methyl sites for hydroxylation is 1. The molecule has 2 nitrogen and oxygen atoms in total. The zero-order valence-corrected chi connectivity index (χ0v) is 10.0. The van der Waals surface area contributed by atoms with Crippen molar-refractivity contribution < 1.29 is 0 Å². The van der Waals surface area contributed by atoms with E-state index in [2.05, 4.69) is 61.3 Å². The summed E-state index contributed by atoms with van der Waals surface area (Å²) in [6.07, 6.45) is 2.09. The average molecular weight is 218 g/mol. The van der Waals surface area contributed by atoms with Gasteiger partial charge in [-0.3, -0.25) is 0 Å². The minimum Gasteiger partial charge on any atom is -0.178 e. The monoisotopic (exact) mass is 218 g/mol. The maximum Gasteiger partial charge on any atom is 0.122 e. The van der Waals surface area contributed by atoms with E-state index in [-0.39, 0.29) is 5.54 Å². The van der Waals surface area contributed by atoms with Gasteiger partial charge in [-0.25, -0.2) is 0 Å². The minimum absolute atomic E-state index is 0.132. The molecule has 0 saturated carbocycles. The van der Waals surface area contributed by atoms with E-state index < -0.39 is 0 Å². The van der Waals surface area contributed by atoms with Crippen molar-refractivity contribution in [3.05, 3.63) is 40.9 Å². The van der Waals surface area contributed by atoms with Crippen LogP contribution in [0.4, 0.5) is 0 Å². The van der Waals surface area contributed by atoms with Gasteiger partial charge in [0, 0.05) is 4.90 Å². The van der Waals surface area contributed by atoms with Gasteiger partial charge in [-0.1, -0.05) is 29.5 Å². The Bertz CT molecular complexity index is 416. The third-order valence-corrected chi connectivity index (χ3v) is 3.04. The van der Waals surface area contributed by atoms with Crippen LogP contribution in [0.1, 0.15) is 19.4 Å². The normalized spacial score (nSPS) is 17.9. The molecular formula is C12H14N2S. The Morgan fingerprint density at radius 1 is 1.13 bits per heavy atom. The summed E-state index contributed by atoms with van der Waals surface area (Å²) in [6.45, 7) is 6.20. The molecule has 78 valence electrons. The number of nitrogens with zero attached hydrogens (tertiary/aromatic N) is 2. The van der Waals surface area contributed by atoms with Crippen molar-refractivity contribution in [2.75, 3.05) is 0 Å². The second kappa shape index (κ2) is 3.81. The first-order valence-electron chi connectivity index (χ1n) is 4.95. The molecule has 1 aliphatic heterocycles. The quantitative estimate of drug-likeness (QED) is 0.731. The van der Waals surface area contributed by atoms with Crippen LogP contribution in [0.25, 0.3) is 0 Å². The first-order valence-corrected chi connectivity index (χ1v) is 5.77. The molecule has 0 radical (unpaired) electrons. The lowest BCUT2D eigenvalue weighted by atomic mass is 10.1. The smallest absolute Gasteiger partial charge is 0.122 e. The molecule has 0 unspecified atom stereocenters. The molecule has 3 heteroatoms. The van der Waals surface area contributed by atoms with Crippen molar-refractivity contribution in [2.24, 2.45) is 10.2 Å². The molecule has 0 spiro atoms. The summed E-state index contributed by atoms with van der Waals surface area (Å²) >= 11 is 1.66. The minimum atomic E-state index is -0.132. The molecule has 1 heterocycles. The number of hydrogen-bond acceptors (Lipinski definition) is 3. The summed E-state index contributed by atoms with van der Waals surface area (Å²) < 4.78 is 0. The van der Waals surface area contributed by atoms with Gasteiger partial charge in [0.2, 0.25) is 0 Å². The van der Waals surface area contributed by atoms with Gasteiger partial charge in [-0.2, -0.15) is 5.11 Å². The van der Waals surface area contributed by atoms with E-state index in [4.69, 9.17) is 0 Å². The lowest BCUT2D eigenvalue weighted by Gasteiger charge is -2.05. The molecule has 0 amide bonds. The Labute approximate surface area is 94.5 Å². The Hall–Kier alpha value is -1.09. The lowest BCUT2D eigenvalue weighted by molar-refractivity contribution is 0.644. The van der Waals surface area contributed by atoms with Crippen LogP contribution in [0.5, 0.6) is 0 Å². The van der Waals surface area contributed by atoms with Crippen LogP contribution in [-0.2, 0) is 0 Å². The van der Waals surface area contributed by atoms with Gasteiger partial charge >= 0.3 is 0 Å². The Morgan fingerprint density at radius 2 is 1.80 bits per heavy atom. The van der Waals surface area contributed by atoms with Crippen LogP contribution in [-0.4, -0.2) is 5.54 Å². The number of thioether (sulfide) groups is 1. The third kappa shape index (κ3) is 2.69. The summed E-state index contributed by atoms with van der Waals surface area (Å²) in [7, 11) is 0. The molecule has 0 bridgehead atoms. The van der Waals surface area contributed by atoms with Crippen molar-refractivity contribution >= 4 is 11.8 Å². The standard InChI is InChI=1S/C12H14N2S/c1-9-4-6-10(7-5-9)15-11-8-12(2,3)14-13-11/h4-8H,1-3H3. The highest BCUT2D eigenvalue weighted by Crippen LogP contribution is 2.34. The molecule has 0 aliphatic carbocycles. The molecule has 0 atom stereocenters. The fourth-order valence-electron chi connectivity index (χ4n) is 1.31. The largest absolute Gasteiger partial charge is 0.178 e. The lowest BCUT2D eigenvalue weighted by Crippen LogP contribution is -2.07. The average Bonchev–Trinajstić information content (AvgIpc) is 2.50. The maximum absolute atomic E-state index is 4.17. The van der Waals surface area contributed by atoms with Gasteiger partial charge < -0.3 is 0 Å². The number of hydrogen-bond donors (Lipinski definition) is 0. The first-order chi connectivity index (χ1) is 7.05. The van der Waals surface area contributed by atoms with Gasteiger partial charge in [0.05, 0.1) is 5.54 Å². The first kappa shape index (κ1) is 10.4. The fraction of sp³-hybridized carbons (Fsp3) is 0.333. The molecule has 0 N–H and O–H groups in total. The van der Waals surface area contributed by atoms with E-state index >= 15 is 0 Å². The van der Waals surface area contributed by atoms with E-state index in [1.54, 1.807) is 11.8 Å². The molecule has 1 aromatic rings. The molecule has 15 heavy (non-hydrogen) atoms. The molecule has 0 saturated heterocycles. The number of benzene rings is 1. The summed E-state index contributed by atoms with van der Waals surface area (Å²) in [5.41, 5.74) is 1.15. The van der Waals surface area contributed by atoms with Crippen molar-refractivity contribution in [3.63, 3.8) is 0 Å². The van der Waals surface area contributed by atoms with Gasteiger partial charge in [0.15, 0.2) is 0 Å². The number of rotatable bonds is 2. The Balaban J connectivity index is 2.11. The highest BCUT2D eigenvalue weighted by molar-refractivity contribution is 8.03. The van der Waals surface area contributed by atoms with Crippen molar-refractivity contribution in [1.29, 1.82) is 0 Å². The van der Waals surface area contributed by atoms with Gasteiger partial charge in [-0.05, 0) is 39.0 Å². The van der Waals surface area contributed by atoms with Crippen LogP contribution >= 0.6 is 11.8 Å². The highest BCUT2D eigenvalue weighted by Gasteiger charge is 2.20. The molecule has 1 aliphatic rings. The zero-order chi connectivity index (χ0) is 10.9. The molecular weight excluding hydrogens is 204 g/mol. The second-order valence-corrected chi connectivity index (χ2v) is 5.35. The SMILES string of the molecule is Cc1ccc(SC2=CC(C)(C)N=N2)cc1. The summed E-state index contributed by atoms with van der Waals surface area (Å²) in [6, 6.07) is 8.45. The molecule has 0 aromatic heterocycles. The van der Waals surface area contributed by atoms with E-state index in [1.807, 2.05) is 0 Å².